The van der Waals surface area contributed by atoms with Crippen molar-refractivity contribution >= 4 is 17.7 Å². The van der Waals surface area contributed by atoms with Crippen LogP contribution in [0.3, 0.4) is 0 Å². The van der Waals surface area contributed by atoms with Gasteiger partial charge in [-0.3, -0.25) is 9.69 Å². The fraction of sp³-hybridized carbons (Fsp3) is 0.529. The lowest BCUT2D eigenvalue weighted by molar-refractivity contribution is -0.118. The molecule has 1 aromatic carbocycles. The fourth-order valence-electron chi connectivity index (χ4n) is 3.33. The van der Waals surface area contributed by atoms with E-state index in [0.717, 1.165) is 25.9 Å². The van der Waals surface area contributed by atoms with E-state index in [0.29, 0.717) is 24.2 Å². The van der Waals surface area contributed by atoms with Crippen LogP contribution in [-0.4, -0.2) is 37.7 Å². The average molecular weight is 335 g/mol. The van der Waals surface area contributed by atoms with Crippen molar-refractivity contribution in [2.24, 2.45) is 5.73 Å². The van der Waals surface area contributed by atoms with E-state index in [-0.39, 0.29) is 18.2 Å². The molecule has 6 nitrogen and oxygen atoms in total. The van der Waals surface area contributed by atoms with Gasteiger partial charge in [0.15, 0.2) is 0 Å². The van der Waals surface area contributed by atoms with Gasteiger partial charge in [-0.1, -0.05) is 6.07 Å². The second-order valence-electron chi connectivity index (χ2n) is 6.35. The summed E-state index contributed by atoms with van der Waals surface area (Å²) in [4.78, 5) is 24.2. The largest absolute Gasteiger partial charge is 0.444 e. The van der Waals surface area contributed by atoms with E-state index < -0.39 is 18.1 Å². The molecule has 2 aliphatic rings. The third-order valence-electron chi connectivity index (χ3n) is 4.66. The number of carbonyl (C=O) groups is 2. The Morgan fingerprint density at radius 2 is 2.12 bits per heavy atom. The molecule has 1 aromatic rings. The van der Waals surface area contributed by atoms with Crippen molar-refractivity contribution in [1.29, 1.82) is 0 Å². The zero-order chi connectivity index (χ0) is 17.1. The molecule has 7 heteroatoms. The molecule has 130 valence electrons. The van der Waals surface area contributed by atoms with Gasteiger partial charge in [0.2, 0.25) is 5.91 Å². The molecule has 1 atom stereocenters. The predicted molar refractivity (Wildman–Crippen MR) is 87.3 cm³/mol. The molecule has 2 saturated heterocycles. The Bertz CT molecular complexity index is 632. The number of carbonyl (C=O) groups excluding carboxylic acids is 2. The summed E-state index contributed by atoms with van der Waals surface area (Å²) < 4.78 is 19.7. The molecule has 0 aliphatic carbocycles. The van der Waals surface area contributed by atoms with Crippen molar-refractivity contribution in [3.05, 3.63) is 29.6 Å². The molecule has 2 aliphatic heterocycles. The van der Waals surface area contributed by atoms with Gasteiger partial charge in [-0.2, -0.15) is 0 Å². The van der Waals surface area contributed by atoms with Crippen LogP contribution in [0.25, 0.3) is 0 Å². The van der Waals surface area contributed by atoms with Crippen LogP contribution in [0.2, 0.25) is 0 Å². The van der Waals surface area contributed by atoms with Crippen LogP contribution in [0, 0.1) is 5.82 Å². The third kappa shape index (κ3) is 3.67. The first-order valence-electron chi connectivity index (χ1n) is 8.31. The van der Waals surface area contributed by atoms with E-state index >= 15 is 0 Å². The van der Waals surface area contributed by atoms with Crippen LogP contribution >= 0.6 is 0 Å². The number of nitrogens with one attached hydrogen (secondary N) is 1. The first-order valence-corrected chi connectivity index (χ1v) is 8.31. The zero-order valence-corrected chi connectivity index (χ0v) is 13.5. The van der Waals surface area contributed by atoms with E-state index in [4.69, 9.17) is 10.5 Å². The number of hydrogen-bond acceptors (Lipinski definition) is 4. The molecule has 0 bridgehead atoms. The Balaban J connectivity index is 1.69. The molecule has 2 amide bonds. The molecule has 3 N–H and O–H groups in total. The van der Waals surface area contributed by atoms with Crippen LogP contribution in [0.15, 0.2) is 18.2 Å². The van der Waals surface area contributed by atoms with Crippen molar-refractivity contribution in [1.82, 2.24) is 5.32 Å². The Morgan fingerprint density at radius 1 is 1.38 bits per heavy atom. The van der Waals surface area contributed by atoms with E-state index in [1.165, 1.54) is 11.0 Å². The van der Waals surface area contributed by atoms with Gasteiger partial charge in [-0.25, -0.2) is 9.18 Å². The number of halogens is 1. The molecule has 3 rings (SSSR count). The van der Waals surface area contributed by atoms with Gasteiger partial charge < -0.3 is 15.8 Å². The lowest BCUT2D eigenvalue weighted by Gasteiger charge is -2.24. The van der Waals surface area contributed by atoms with Gasteiger partial charge in [-0.05, 0) is 56.0 Å². The maximum absolute atomic E-state index is 14.5. The van der Waals surface area contributed by atoms with Gasteiger partial charge in [0.1, 0.15) is 11.9 Å². The summed E-state index contributed by atoms with van der Waals surface area (Å²) in [7, 11) is 0. The number of rotatable bonds is 5. The first-order chi connectivity index (χ1) is 11.5. The second kappa shape index (κ2) is 7.17. The van der Waals surface area contributed by atoms with Gasteiger partial charge >= 0.3 is 6.09 Å². The van der Waals surface area contributed by atoms with E-state index in [1.807, 2.05) is 0 Å². The number of nitrogens with zero attached hydrogens (tertiary/aromatic N) is 1. The van der Waals surface area contributed by atoms with Crippen LogP contribution < -0.4 is 16.0 Å². The highest BCUT2D eigenvalue weighted by molar-refractivity contribution is 5.89. The summed E-state index contributed by atoms with van der Waals surface area (Å²) in [6, 6.07) is 4.93. The highest BCUT2D eigenvalue weighted by Crippen LogP contribution is 2.31. The number of nitrogens with two attached hydrogens (primary N) is 1. The van der Waals surface area contributed by atoms with Crippen molar-refractivity contribution in [2.75, 3.05) is 24.5 Å². The normalized spacial score (nSPS) is 21.8. The van der Waals surface area contributed by atoms with Gasteiger partial charge in [0.25, 0.3) is 0 Å². The minimum absolute atomic E-state index is 0.162. The van der Waals surface area contributed by atoms with Crippen molar-refractivity contribution < 1.29 is 18.7 Å². The summed E-state index contributed by atoms with van der Waals surface area (Å²) >= 11 is 0. The minimum atomic E-state index is -0.515. The number of cyclic esters (lactones) is 1. The molecule has 24 heavy (non-hydrogen) atoms. The summed E-state index contributed by atoms with van der Waals surface area (Å²) in [5.74, 6) is -0.496. The van der Waals surface area contributed by atoms with Gasteiger partial charge in [0, 0.05) is 6.42 Å². The van der Waals surface area contributed by atoms with Crippen molar-refractivity contribution in [3.63, 3.8) is 0 Å². The number of hydrogen-bond donors (Lipinski definition) is 2. The lowest BCUT2D eigenvalue weighted by atomic mass is 9.89. The summed E-state index contributed by atoms with van der Waals surface area (Å²) in [6.07, 6.45) is 1.46. The quantitative estimate of drug-likeness (QED) is 0.860. The molecule has 0 spiro atoms. The zero-order valence-electron chi connectivity index (χ0n) is 13.5. The number of ether oxygens (including phenoxy) is 1. The number of primary amides is 1. The van der Waals surface area contributed by atoms with E-state index in [1.54, 1.807) is 12.1 Å². The van der Waals surface area contributed by atoms with E-state index in [2.05, 4.69) is 5.32 Å². The topological polar surface area (TPSA) is 84.7 Å². The average Bonchev–Trinajstić information content (AvgIpc) is 2.94. The van der Waals surface area contributed by atoms with Gasteiger partial charge in [0.05, 0.1) is 12.2 Å². The van der Waals surface area contributed by atoms with Crippen LogP contribution in [-0.2, 0) is 9.53 Å². The van der Waals surface area contributed by atoms with Crippen molar-refractivity contribution in [3.8, 4) is 0 Å². The third-order valence-corrected chi connectivity index (χ3v) is 4.66. The maximum atomic E-state index is 14.5. The summed E-state index contributed by atoms with van der Waals surface area (Å²) in [6.45, 7) is 2.09. The Labute approximate surface area is 140 Å². The number of benzene rings is 1. The van der Waals surface area contributed by atoms with E-state index in [9.17, 15) is 14.0 Å². The Hall–Kier alpha value is -2.15. The number of piperidine rings is 1. The summed E-state index contributed by atoms with van der Waals surface area (Å²) in [5.41, 5.74) is 6.30. The molecular formula is C17H22FN3O3. The highest BCUT2D eigenvalue weighted by Gasteiger charge is 2.33. The SMILES string of the molecule is NC(=O)CCC1CN(c2ccc(C3CCNCC3)c(F)c2)C(=O)O1. The summed E-state index contributed by atoms with van der Waals surface area (Å²) in [5, 5.41) is 3.27. The van der Waals surface area contributed by atoms with Crippen molar-refractivity contribution in [2.45, 2.75) is 37.7 Å². The molecule has 0 saturated carbocycles. The molecule has 0 aromatic heterocycles. The predicted octanol–water partition coefficient (Wildman–Crippen LogP) is 1.88. The molecule has 1 unspecified atom stereocenters. The molecular weight excluding hydrogens is 313 g/mol. The number of anilines is 1. The Kier molecular flexibility index (Phi) is 4.99. The van der Waals surface area contributed by atoms with Crippen LogP contribution in [0.5, 0.6) is 0 Å². The standard InChI is InChI=1S/C17H22FN3O3/c18-15-9-12(1-3-14(15)11-5-7-20-8-6-11)21-10-13(24-17(21)23)2-4-16(19)22/h1,3,9,11,13,20H,2,4-8,10H2,(H2,19,22). The Morgan fingerprint density at radius 3 is 2.79 bits per heavy atom. The van der Waals surface area contributed by atoms with Crippen LogP contribution in [0.4, 0.5) is 14.9 Å². The number of amides is 2. The lowest BCUT2D eigenvalue weighted by Crippen LogP contribution is -2.27. The second-order valence-corrected chi connectivity index (χ2v) is 6.35. The molecule has 0 radical (unpaired) electrons. The van der Waals surface area contributed by atoms with Gasteiger partial charge in [-0.15, -0.1) is 0 Å². The smallest absolute Gasteiger partial charge is 0.414 e. The molecule has 2 fully saturated rings. The highest BCUT2D eigenvalue weighted by atomic mass is 19.1. The van der Waals surface area contributed by atoms with Crippen LogP contribution in [0.1, 0.15) is 37.2 Å². The molecule has 2 heterocycles. The minimum Gasteiger partial charge on any atom is -0.444 e. The fourth-order valence-corrected chi connectivity index (χ4v) is 3.33. The maximum Gasteiger partial charge on any atom is 0.414 e. The first kappa shape index (κ1) is 16.7. The monoisotopic (exact) mass is 335 g/mol.